The summed E-state index contributed by atoms with van der Waals surface area (Å²) in [4.78, 5) is 13.9. The maximum Gasteiger partial charge on any atom is 0.410 e. The molecule has 1 heterocycles. The zero-order chi connectivity index (χ0) is 15.3. The molecule has 2 unspecified atom stereocenters. The Balaban J connectivity index is 2.78. The average molecular weight is 287 g/mol. The molecule has 5 nitrogen and oxygen atoms in total. The van der Waals surface area contributed by atoms with Gasteiger partial charge < -0.3 is 14.6 Å². The Hall–Kier alpha value is -0.810. The first-order valence-corrected chi connectivity index (χ1v) is 7.55. The summed E-state index contributed by atoms with van der Waals surface area (Å²) in [7, 11) is 0. The molecule has 0 aliphatic carbocycles. The Morgan fingerprint density at radius 1 is 1.40 bits per heavy atom. The highest BCUT2D eigenvalue weighted by Gasteiger charge is 2.37. The second-order valence-corrected chi connectivity index (χ2v) is 6.38. The minimum Gasteiger partial charge on any atom is -0.444 e. The van der Waals surface area contributed by atoms with Crippen LogP contribution in [-0.2, 0) is 9.47 Å². The molecule has 0 spiro atoms. The predicted molar refractivity (Wildman–Crippen MR) is 77.6 cm³/mol. The van der Waals surface area contributed by atoms with E-state index in [1.165, 1.54) is 0 Å². The van der Waals surface area contributed by atoms with Gasteiger partial charge in [-0.1, -0.05) is 26.7 Å². The Labute approximate surface area is 122 Å². The van der Waals surface area contributed by atoms with E-state index >= 15 is 0 Å². The van der Waals surface area contributed by atoms with Crippen molar-refractivity contribution in [2.75, 3.05) is 19.8 Å². The van der Waals surface area contributed by atoms with E-state index in [1.54, 1.807) is 4.90 Å². The van der Waals surface area contributed by atoms with Crippen LogP contribution in [0.15, 0.2) is 0 Å². The predicted octanol–water partition coefficient (Wildman–Crippen LogP) is 2.42. The van der Waals surface area contributed by atoms with Crippen molar-refractivity contribution in [2.45, 2.75) is 65.2 Å². The molecule has 1 N–H and O–H groups in total. The minimum absolute atomic E-state index is 0.173. The van der Waals surface area contributed by atoms with Gasteiger partial charge in [0.2, 0.25) is 0 Å². The van der Waals surface area contributed by atoms with E-state index in [-0.39, 0.29) is 18.1 Å². The number of nitrogens with zero attached hydrogens (tertiary/aromatic N) is 1. The highest BCUT2D eigenvalue weighted by molar-refractivity contribution is 5.68. The fraction of sp³-hybridized carbons (Fsp3) is 0.933. The third-order valence-corrected chi connectivity index (χ3v) is 3.72. The van der Waals surface area contributed by atoms with E-state index in [4.69, 9.17) is 9.47 Å². The molecule has 118 valence electrons. The fourth-order valence-electron chi connectivity index (χ4n) is 2.54. The topological polar surface area (TPSA) is 59.0 Å². The number of rotatable bonds is 4. The van der Waals surface area contributed by atoms with Crippen molar-refractivity contribution in [1.29, 1.82) is 0 Å². The van der Waals surface area contributed by atoms with Crippen LogP contribution < -0.4 is 0 Å². The Bertz CT molecular complexity index is 309. The lowest BCUT2D eigenvalue weighted by Gasteiger charge is -2.40. The summed E-state index contributed by atoms with van der Waals surface area (Å²) in [6.45, 7) is 11.0. The Morgan fingerprint density at radius 3 is 2.50 bits per heavy atom. The SMILES string of the molecule is CCC(CC)C(O)C1COCCN1C(=O)OC(C)(C)C. The smallest absolute Gasteiger partial charge is 0.410 e. The van der Waals surface area contributed by atoms with Gasteiger partial charge in [-0.15, -0.1) is 0 Å². The van der Waals surface area contributed by atoms with Gasteiger partial charge in [-0.05, 0) is 26.7 Å². The molecule has 5 heteroatoms. The van der Waals surface area contributed by atoms with Gasteiger partial charge in [0.25, 0.3) is 0 Å². The average Bonchev–Trinajstić information content (AvgIpc) is 2.38. The Kier molecular flexibility index (Phi) is 6.27. The molecule has 0 aromatic heterocycles. The van der Waals surface area contributed by atoms with Crippen LogP contribution in [0.5, 0.6) is 0 Å². The third kappa shape index (κ3) is 4.63. The van der Waals surface area contributed by atoms with Crippen LogP contribution >= 0.6 is 0 Å². The van der Waals surface area contributed by atoms with Crippen molar-refractivity contribution in [1.82, 2.24) is 4.90 Å². The van der Waals surface area contributed by atoms with Crippen molar-refractivity contribution < 1.29 is 19.4 Å². The second kappa shape index (κ2) is 7.27. The molecular formula is C15H29NO4. The number of aliphatic hydroxyl groups is 1. The quantitative estimate of drug-likeness (QED) is 0.862. The lowest BCUT2D eigenvalue weighted by Crippen LogP contribution is -2.56. The first-order valence-electron chi connectivity index (χ1n) is 7.55. The third-order valence-electron chi connectivity index (χ3n) is 3.72. The summed E-state index contributed by atoms with van der Waals surface area (Å²) < 4.78 is 10.9. The first kappa shape index (κ1) is 17.2. The Morgan fingerprint density at radius 2 is 2.00 bits per heavy atom. The number of amides is 1. The number of carbonyl (C=O) groups is 1. The zero-order valence-corrected chi connectivity index (χ0v) is 13.4. The number of ether oxygens (including phenoxy) is 2. The molecular weight excluding hydrogens is 258 g/mol. The normalized spacial score (nSPS) is 21.9. The van der Waals surface area contributed by atoms with E-state index in [0.29, 0.717) is 19.8 Å². The van der Waals surface area contributed by atoms with Crippen molar-refractivity contribution in [3.63, 3.8) is 0 Å². The fourth-order valence-corrected chi connectivity index (χ4v) is 2.54. The highest BCUT2D eigenvalue weighted by atomic mass is 16.6. The van der Waals surface area contributed by atoms with Crippen LogP contribution in [0.1, 0.15) is 47.5 Å². The molecule has 0 bridgehead atoms. The van der Waals surface area contributed by atoms with Gasteiger partial charge in [-0.3, -0.25) is 4.90 Å². The number of carbonyl (C=O) groups excluding carboxylic acids is 1. The van der Waals surface area contributed by atoms with Crippen LogP contribution in [0, 0.1) is 5.92 Å². The van der Waals surface area contributed by atoms with Crippen LogP contribution in [-0.4, -0.2) is 53.6 Å². The first-order chi connectivity index (χ1) is 9.30. The van der Waals surface area contributed by atoms with Crippen molar-refractivity contribution in [2.24, 2.45) is 5.92 Å². The van der Waals surface area contributed by atoms with Crippen molar-refractivity contribution in [3.8, 4) is 0 Å². The molecule has 0 aromatic carbocycles. The number of hydrogen-bond donors (Lipinski definition) is 1. The van der Waals surface area contributed by atoms with Crippen LogP contribution in [0.25, 0.3) is 0 Å². The van der Waals surface area contributed by atoms with E-state index in [1.807, 2.05) is 20.8 Å². The molecule has 1 amide bonds. The maximum absolute atomic E-state index is 12.3. The van der Waals surface area contributed by atoms with E-state index in [2.05, 4.69) is 13.8 Å². The van der Waals surface area contributed by atoms with E-state index < -0.39 is 11.7 Å². The van der Waals surface area contributed by atoms with Gasteiger partial charge >= 0.3 is 6.09 Å². The number of morpholine rings is 1. The van der Waals surface area contributed by atoms with Crippen LogP contribution in [0.2, 0.25) is 0 Å². The standard InChI is InChI=1S/C15H29NO4/c1-6-11(7-2)13(17)12-10-19-9-8-16(12)14(18)20-15(3,4)5/h11-13,17H,6-10H2,1-5H3. The number of aliphatic hydroxyl groups excluding tert-OH is 1. The highest BCUT2D eigenvalue weighted by Crippen LogP contribution is 2.23. The van der Waals surface area contributed by atoms with Crippen molar-refractivity contribution >= 4 is 6.09 Å². The minimum atomic E-state index is -0.571. The van der Waals surface area contributed by atoms with Crippen LogP contribution in [0.4, 0.5) is 4.79 Å². The summed E-state index contributed by atoms with van der Waals surface area (Å²) in [5.74, 6) is 0.173. The number of hydrogen-bond acceptors (Lipinski definition) is 4. The molecule has 1 fully saturated rings. The summed E-state index contributed by atoms with van der Waals surface area (Å²) in [6.07, 6.45) is 0.834. The lowest BCUT2D eigenvalue weighted by molar-refractivity contribution is -0.0801. The molecule has 1 aliphatic heterocycles. The summed E-state index contributed by atoms with van der Waals surface area (Å²) in [5, 5.41) is 10.5. The van der Waals surface area contributed by atoms with Gasteiger partial charge in [0, 0.05) is 6.54 Å². The molecule has 1 aliphatic rings. The molecule has 0 aromatic rings. The summed E-state index contributed by atoms with van der Waals surface area (Å²) >= 11 is 0. The van der Waals surface area contributed by atoms with Gasteiger partial charge in [-0.2, -0.15) is 0 Å². The van der Waals surface area contributed by atoms with Gasteiger partial charge in [0.15, 0.2) is 0 Å². The van der Waals surface area contributed by atoms with E-state index in [9.17, 15) is 9.90 Å². The second-order valence-electron chi connectivity index (χ2n) is 6.38. The summed E-state index contributed by atoms with van der Waals surface area (Å²) in [6, 6.07) is -0.316. The van der Waals surface area contributed by atoms with Crippen molar-refractivity contribution in [3.05, 3.63) is 0 Å². The molecule has 1 rings (SSSR count). The molecule has 1 saturated heterocycles. The maximum atomic E-state index is 12.3. The zero-order valence-electron chi connectivity index (χ0n) is 13.4. The molecule has 0 radical (unpaired) electrons. The summed E-state index contributed by atoms with van der Waals surface area (Å²) in [5.41, 5.74) is -0.528. The van der Waals surface area contributed by atoms with E-state index in [0.717, 1.165) is 12.8 Å². The van der Waals surface area contributed by atoms with Gasteiger partial charge in [0.1, 0.15) is 5.60 Å². The van der Waals surface area contributed by atoms with Gasteiger partial charge in [0.05, 0.1) is 25.4 Å². The molecule has 0 saturated carbocycles. The monoisotopic (exact) mass is 287 g/mol. The molecule has 2 atom stereocenters. The largest absolute Gasteiger partial charge is 0.444 e. The van der Waals surface area contributed by atoms with Gasteiger partial charge in [-0.25, -0.2) is 4.79 Å². The lowest BCUT2D eigenvalue weighted by atomic mass is 9.90. The molecule has 20 heavy (non-hydrogen) atoms. The van der Waals surface area contributed by atoms with Crippen LogP contribution in [0.3, 0.4) is 0 Å².